The van der Waals surface area contributed by atoms with Gasteiger partial charge in [0.25, 0.3) is 5.91 Å². The van der Waals surface area contributed by atoms with Gasteiger partial charge in [-0.15, -0.1) is 5.10 Å². The number of aromatic nitrogens is 4. The van der Waals surface area contributed by atoms with Gasteiger partial charge in [0.1, 0.15) is 5.69 Å². The van der Waals surface area contributed by atoms with E-state index in [1.165, 1.54) is 0 Å². The SMILES string of the molecule is CCn1nc(C)cc1C(=O)N1CCCN(c2cccnn2)CC1. The highest BCUT2D eigenvalue weighted by Gasteiger charge is 2.23. The van der Waals surface area contributed by atoms with Crippen molar-refractivity contribution in [3.8, 4) is 0 Å². The second kappa shape index (κ2) is 6.76. The molecule has 1 aliphatic heterocycles. The molecule has 0 aliphatic carbocycles. The van der Waals surface area contributed by atoms with Crippen LogP contribution in [0.15, 0.2) is 24.4 Å². The lowest BCUT2D eigenvalue weighted by Crippen LogP contribution is -2.36. The predicted octanol–water partition coefficient (Wildman–Crippen LogP) is 1.35. The van der Waals surface area contributed by atoms with E-state index in [0.29, 0.717) is 18.8 Å². The Morgan fingerprint density at radius 3 is 2.87 bits per heavy atom. The highest BCUT2D eigenvalue weighted by molar-refractivity contribution is 5.92. The zero-order valence-electron chi connectivity index (χ0n) is 13.6. The van der Waals surface area contributed by atoms with Crippen LogP contribution in [0.3, 0.4) is 0 Å². The van der Waals surface area contributed by atoms with Crippen molar-refractivity contribution >= 4 is 11.7 Å². The van der Waals surface area contributed by atoms with Gasteiger partial charge in [0.2, 0.25) is 0 Å². The van der Waals surface area contributed by atoms with Gasteiger partial charge in [-0.2, -0.15) is 10.2 Å². The summed E-state index contributed by atoms with van der Waals surface area (Å²) in [5.74, 6) is 0.935. The minimum absolute atomic E-state index is 0.0634. The van der Waals surface area contributed by atoms with Crippen LogP contribution in [-0.4, -0.2) is 57.0 Å². The lowest BCUT2D eigenvalue weighted by atomic mass is 10.3. The third-order valence-electron chi connectivity index (χ3n) is 4.09. The number of nitrogens with zero attached hydrogens (tertiary/aromatic N) is 6. The summed E-state index contributed by atoms with van der Waals surface area (Å²) in [4.78, 5) is 16.9. The number of hydrogen-bond donors (Lipinski definition) is 0. The monoisotopic (exact) mass is 314 g/mol. The summed E-state index contributed by atoms with van der Waals surface area (Å²) >= 11 is 0. The summed E-state index contributed by atoms with van der Waals surface area (Å²) in [6.45, 7) is 7.71. The Morgan fingerprint density at radius 2 is 2.13 bits per heavy atom. The average Bonchev–Trinajstić information content (AvgIpc) is 2.80. The number of amides is 1. The van der Waals surface area contributed by atoms with Gasteiger partial charge < -0.3 is 9.80 Å². The third-order valence-corrected chi connectivity index (χ3v) is 4.09. The maximum absolute atomic E-state index is 12.8. The lowest BCUT2D eigenvalue weighted by Gasteiger charge is -2.22. The topological polar surface area (TPSA) is 67.2 Å². The second-order valence-corrected chi connectivity index (χ2v) is 5.70. The smallest absolute Gasteiger partial charge is 0.272 e. The molecule has 0 aromatic carbocycles. The van der Waals surface area contributed by atoms with Crippen molar-refractivity contribution in [3.05, 3.63) is 35.8 Å². The molecule has 0 atom stereocenters. The summed E-state index contributed by atoms with van der Waals surface area (Å²) in [5.41, 5.74) is 1.56. The molecule has 0 bridgehead atoms. The fraction of sp³-hybridized carbons (Fsp3) is 0.500. The van der Waals surface area contributed by atoms with Crippen LogP contribution in [0.2, 0.25) is 0 Å². The van der Waals surface area contributed by atoms with E-state index in [1.807, 2.05) is 36.9 Å². The standard InChI is InChI=1S/C16H22N6O/c1-3-22-14(12-13(2)19-22)16(23)21-9-5-8-20(10-11-21)15-6-4-7-17-18-15/h4,6-7,12H,3,5,8-11H2,1-2H3. The molecule has 122 valence electrons. The number of rotatable bonds is 3. The van der Waals surface area contributed by atoms with E-state index in [9.17, 15) is 4.79 Å². The highest BCUT2D eigenvalue weighted by atomic mass is 16.2. The van der Waals surface area contributed by atoms with Gasteiger partial charge in [0, 0.05) is 38.9 Å². The van der Waals surface area contributed by atoms with Crippen LogP contribution in [0.1, 0.15) is 29.5 Å². The first-order chi connectivity index (χ1) is 11.2. The minimum Gasteiger partial charge on any atom is -0.353 e. The quantitative estimate of drug-likeness (QED) is 0.855. The average molecular weight is 314 g/mol. The van der Waals surface area contributed by atoms with E-state index in [1.54, 1.807) is 10.9 Å². The van der Waals surface area contributed by atoms with E-state index < -0.39 is 0 Å². The predicted molar refractivity (Wildman–Crippen MR) is 87.4 cm³/mol. The largest absolute Gasteiger partial charge is 0.353 e. The van der Waals surface area contributed by atoms with Gasteiger partial charge in [-0.05, 0) is 38.5 Å². The molecule has 2 aromatic rings. The van der Waals surface area contributed by atoms with Crippen LogP contribution < -0.4 is 4.90 Å². The lowest BCUT2D eigenvalue weighted by molar-refractivity contribution is 0.0754. The molecule has 7 nitrogen and oxygen atoms in total. The highest BCUT2D eigenvalue weighted by Crippen LogP contribution is 2.14. The molecule has 0 unspecified atom stereocenters. The van der Waals surface area contributed by atoms with Crippen molar-refractivity contribution in [2.24, 2.45) is 0 Å². The number of carbonyl (C=O) groups is 1. The van der Waals surface area contributed by atoms with E-state index in [0.717, 1.165) is 37.6 Å². The molecular weight excluding hydrogens is 292 g/mol. The molecule has 3 rings (SSSR count). The first-order valence-corrected chi connectivity index (χ1v) is 8.05. The van der Waals surface area contributed by atoms with Crippen LogP contribution in [-0.2, 0) is 6.54 Å². The fourth-order valence-electron chi connectivity index (χ4n) is 2.93. The molecule has 0 spiro atoms. The summed E-state index contributed by atoms with van der Waals surface area (Å²) < 4.78 is 1.78. The zero-order chi connectivity index (χ0) is 16.2. The van der Waals surface area contributed by atoms with Crippen LogP contribution in [0.25, 0.3) is 0 Å². The molecule has 3 heterocycles. The van der Waals surface area contributed by atoms with Crippen molar-refractivity contribution < 1.29 is 4.79 Å². The Balaban J connectivity index is 1.71. The summed E-state index contributed by atoms with van der Waals surface area (Å²) in [5, 5.41) is 12.5. The van der Waals surface area contributed by atoms with E-state index in [2.05, 4.69) is 20.2 Å². The second-order valence-electron chi connectivity index (χ2n) is 5.70. The van der Waals surface area contributed by atoms with Gasteiger partial charge in [0.05, 0.1) is 5.69 Å². The number of anilines is 1. The molecule has 1 amide bonds. The van der Waals surface area contributed by atoms with Gasteiger partial charge in [-0.25, -0.2) is 0 Å². The molecule has 7 heteroatoms. The first-order valence-electron chi connectivity index (χ1n) is 8.05. The summed E-state index contributed by atoms with van der Waals surface area (Å²) in [6, 6.07) is 5.72. The van der Waals surface area contributed by atoms with Crippen molar-refractivity contribution in [1.82, 2.24) is 24.9 Å². The minimum atomic E-state index is 0.0634. The molecule has 1 saturated heterocycles. The Kier molecular flexibility index (Phi) is 4.55. The van der Waals surface area contributed by atoms with Crippen molar-refractivity contribution in [1.29, 1.82) is 0 Å². The molecule has 2 aromatic heterocycles. The van der Waals surface area contributed by atoms with Gasteiger partial charge >= 0.3 is 0 Å². The Bertz CT molecular complexity index is 668. The summed E-state index contributed by atoms with van der Waals surface area (Å²) in [6.07, 6.45) is 2.59. The van der Waals surface area contributed by atoms with Gasteiger partial charge in [0.15, 0.2) is 5.82 Å². The normalized spacial score (nSPS) is 15.6. The molecule has 0 radical (unpaired) electrons. The van der Waals surface area contributed by atoms with E-state index in [4.69, 9.17) is 0 Å². The van der Waals surface area contributed by atoms with Crippen LogP contribution in [0.5, 0.6) is 0 Å². The van der Waals surface area contributed by atoms with Gasteiger partial charge in [-0.3, -0.25) is 9.48 Å². The summed E-state index contributed by atoms with van der Waals surface area (Å²) in [7, 11) is 0. The molecule has 23 heavy (non-hydrogen) atoms. The number of aryl methyl sites for hydroxylation is 2. The molecule has 1 aliphatic rings. The van der Waals surface area contributed by atoms with Crippen LogP contribution in [0.4, 0.5) is 5.82 Å². The molecule has 0 N–H and O–H groups in total. The van der Waals surface area contributed by atoms with Crippen molar-refractivity contribution in [2.75, 3.05) is 31.1 Å². The Hall–Kier alpha value is -2.44. The third kappa shape index (κ3) is 3.33. The Morgan fingerprint density at radius 1 is 1.26 bits per heavy atom. The number of hydrogen-bond acceptors (Lipinski definition) is 5. The zero-order valence-corrected chi connectivity index (χ0v) is 13.6. The maximum Gasteiger partial charge on any atom is 0.272 e. The first kappa shape index (κ1) is 15.5. The molecule has 1 fully saturated rings. The Labute approximate surface area is 135 Å². The molecular formula is C16H22N6O. The van der Waals surface area contributed by atoms with Crippen molar-refractivity contribution in [3.63, 3.8) is 0 Å². The number of carbonyl (C=O) groups excluding carboxylic acids is 1. The van der Waals surface area contributed by atoms with E-state index in [-0.39, 0.29) is 5.91 Å². The van der Waals surface area contributed by atoms with Gasteiger partial charge in [-0.1, -0.05) is 0 Å². The fourth-order valence-corrected chi connectivity index (χ4v) is 2.93. The van der Waals surface area contributed by atoms with Crippen LogP contribution in [0, 0.1) is 6.92 Å². The van der Waals surface area contributed by atoms with Crippen LogP contribution >= 0.6 is 0 Å². The van der Waals surface area contributed by atoms with E-state index >= 15 is 0 Å². The maximum atomic E-state index is 12.8. The van der Waals surface area contributed by atoms with Crippen molar-refractivity contribution in [2.45, 2.75) is 26.8 Å². The molecule has 0 saturated carbocycles.